The number of ether oxygens (including phenoxy) is 1. The maximum Gasteiger partial charge on any atom is 0.0802 e. The van der Waals surface area contributed by atoms with Crippen LogP contribution in [-0.2, 0) is 11.3 Å². The topological polar surface area (TPSA) is 21.3 Å². The summed E-state index contributed by atoms with van der Waals surface area (Å²) in [6, 6.07) is 5.92. The Balaban J connectivity index is 1.87. The molecule has 1 aromatic carbocycles. The standard InChI is InChI=1S/C13H17BrClNO/c1-17-13(5-2-6-13)9-16-8-10-7-11(14)3-4-12(10)15/h3-4,7,16H,2,5-6,8-9H2,1H3. The molecule has 1 fully saturated rings. The minimum absolute atomic E-state index is 0.0679. The summed E-state index contributed by atoms with van der Waals surface area (Å²) in [5.74, 6) is 0. The molecule has 0 saturated heterocycles. The highest BCUT2D eigenvalue weighted by Gasteiger charge is 2.36. The van der Waals surface area contributed by atoms with Gasteiger partial charge >= 0.3 is 0 Å². The average Bonchev–Trinajstić information content (AvgIpc) is 2.27. The summed E-state index contributed by atoms with van der Waals surface area (Å²) >= 11 is 9.59. The van der Waals surface area contributed by atoms with E-state index in [2.05, 4.69) is 27.3 Å². The van der Waals surface area contributed by atoms with Gasteiger partial charge in [-0.2, -0.15) is 0 Å². The van der Waals surface area contributed by atoms with Gasteiger partial charge in [-0.1, -0.05) is 27.5 Å². The van der Waals surface area contributed by atoms with Crippen LogP contribution >= 0.6 is 27.5 Å². The Labute approximate surface area is 116 Å². The van der Waals surface area contributed by atoms with Crippen LogP contribution in [0.4, 0.5) is 0 Å². The highest BCUT2D eigenvalue weighted by Crippen LogP contribution is 2.34. The van der Waals surface area contributed by atoms with Gasteiger partial charge in [0.2, 0.25) is 0 Å². The summed E-state index contributed by atoms with van der Waals surface area (Å²) in [7, 11) is 1.80. The van der Waals surface area contributed by atoms with Gasteiger partial charge < -0.3 is 10.1 Å². The fraction of sp³-hybridized carbons (Fsp3) is 0.538. The molecule has 0 atom stereocenters. The van der Waals surface area contributed by atoms with Gasteiger partial charge in [0.05, 0.1) is 5.60 Å². The Morgan fingerprint density at radius 2 is 2.24 bits per heavy atom. The number of hydrogen-bond acceptors (Lipinski definition) is 2. The van der Waals surface area contributed by atoms with Crippen LogP contribution in [0.25, 0.3) is 0 Å². The predicted molar refractivity (Wildman–Crippen MR) is 74.4 cm³/mol. The zero-order chi connectivity index (χ0) is 12.3. The van der Waals surface area contributed by atoms with Crippen molar-refractivity contribution in [3.63, 3.8) is 0 Å². The molecule has 94 valence electrons. The second-order valence-electron chi connectivity index (χ2n) is 4.58. The highest BCUT2D eigenvalue weighted by atomic mass is 79.9. The maximum absolute atomic E-state index is 6.14. The van der Waals surface area contributed by atoms with Crippen LogP contribution in [-0.4, -0.2) is 19.3 Å². The number of nitrogens with one attached hydrogen (secondary N) is 1. The van der Waals surface area contributed by atoms with Gasteiger partial charge in [0.15, 0.2) is 0 Å². The van der Waals surface area contributed by atoms with Crippen LogP contribution in [0.5, 0.6) is 0 Å². The molecule has 0 unspecified atom stereocenters. The van der Waals surface area contributed by atoms with Crippen molar-refractivity contribution in [3.05, 3.63) is 33.3 Å². The lowest BCUT2D eigenvalue weighted by Gasteiger charge is -2.40. The van der Waals surface area contributed by atoms with Crippen molar-refractivity contribution < 1.29 is 4.74 Å². The van der Waals surface area contributed by atoms with Crippen molar-refractivity contribution in [1.82, 2.24) is 5.32 Å². The first-order valence-electron chi connectivity index (χ1n) is 5.85. The number of benzene rings is 1. The van der Waals surface area contributed by atoms with E-state index in [-0.39, 0.29) is 5.60 Å². The van der Waals surface area contributed by atoms with E-state index in [0.717, 1.165) is 41.0 Å². The Hall–Kier alpha value is -0.0900. The van der Waals surface area contributed by atoms with Crippen molar-refractivity contribution >= 4 is 27.5 Å². The zero-order valence-electron chi connectivity index (χ0n) is 9.93. The van der Waals surface area contributed by atoms with E-state index in [1.165, 1.54) is 6.42 Å². The minimum Gasteiger partial charge on any atom is -0.377 e. The third kappa shape index (κ3) is 3.22. The fourth-order valence-electron chi connectivity index (χ4n) is 2.13. The van der Waals surface area contributed by atoms with Crippen LogP contribution in [0.2, 0.25) is 5.02 Å². The van der Waals surface area contributed by atoms with Crippen LogP contribution in [0, 0.1) is 0 Å². The summed E-state index contributed by atoms with van der Waals surface area (Å²) in [6.07, 6.45) is 3.58. The molecule has 1 aromatic rings. The van der Waals surface area contributed by atoms with Gasteiger partial charge in [-0.15, -0.1) is 0 Å². The Bertz CT molecular complexity index is 387. The Morgan fingerprint density at radius 1 is 1.47 bits per heavy atom. The zero-order valence-corrected chi connectivity index (χ0v) is 12.3. The average molecular weight is 319 g/mol. The first-order chi connectivity index (χ1) is 8.15. The Morgan fingerprint density at radius 3 is 2.82 bits per heavy atom. The molecular formula is C13H17BrClNO. The van der Waals surface area contributed by atoms with E-state index in [9.17, 15) is 0 Å². The van der Waals surface area contributed by atoms with Crippen molar-refractivity contribution in [1.29, 1.82) is 0 Å². The quantitative estimate of drug-likeness (QED) is 0.892. The van der Waals surface area contributed by atoms with Crippen LogP contribution < -0.4 is 5.32 Å². The van der Waals surface area contributed by atoms with E-state index in [0.29, 0.717) is 0 Å². The molecule has 1 aliphatic rings. The molecule has 2 nitrogen and oxygen atoms in total. The summed E-state index contributed by atoms with van der Waals surface area (Å²) in [6.45, 7) is 1.68. The smallest absolute Gasteiger partial charge is 0.0802 e. The maximum atomic E-state index is 6.14. The molecule has 0 radical (unpaired) electrons. The number of rotatable bonds is 5. The summed E-state index contributed by atoms with van der Waals surface area (Å²) in [5.41, 5.74) is 1.19. The van der Waals surface area contributed by atoms with Gasteiger partial charge in [-0.3, -0.25) is 0 Å². The molecule has 1 aliphatic carbocycles. The van der Waals surface area contributed by atoms with Gasteiger partial charge in [0, 0.05) is 29.7 Å². The van der Waals surface area contributed by atoms with E-state index in [4.69, 9.17) is 16.3 Å². The molecule has 2 rings (SSSR count). The third-order valence-corrected chi connectivity index (χ3v) is 4.33. The third-order valence-electron chi connectivity index (χ3n) is 3.47. The van der Waals surface area contributed by atoms with Gasteiger partial charge in [0.1, 0.15) is 0 Å². The fourth-order valence-corrected chi connectivity index (χ4v) is 2.72. The van der Waals surface area contributed by atoms with Gasteiger partial charge in [-0.25, -0.2) is 0 Å². The summed E-state index contributed by atoms with van der Waals surface area (Å²) < 4.78 is 6.62. The molecule has 1 N–H and O–H groups in total. The van der Waals surface area contributed by atoms with Gasteiger partial charge in [0.25, 0.3) is 0 Å². The molecule has 0 bridgehead atoms. The molecular weight excluding hydrogens is 302 g/mol. The molecule has 4 heteroatoms. The monoisotopic (exact) mass is 317 g/mol. The molecule has 0 aliphatic heterocycles. The molecule has 0 heterocycles. The van der Waals surface area contributed by atoms with E-state index in [1.54, 1.807) is 7.11 Å². The van der Waals surface area contributed by atoms with E-state index >= 15 is 0 Å². The first kappa shape index (κ1) is 13.3. The number of hydrogen-bond donors (Lipinski definition) is 1. The van der Waals surface area contributed by atoms with Crippen molar-refractivity contribution in [2.45, 2.75) is 31.4 Å². The molecule has 0 spiro atoms. The molecule has 0 amide bonds. The van der Waals surface area contributed by atoms with Gasteiger partial charge in [-0.05, 0) is 43.0 Å². The highest BCUT2D eigenvalue weighted by molar-refractivity contribution is 9.10. The van der Waals surface area contributed by atoms with Crippen molar-refractivity contribution in [2.24, 2.45) is 0 Å². The summed E-state index contributed by atoms with van der Waals surface area (Å²) in [4.78, 5) is 0. The van der Waals surface area contributed by atoms with Crippen LogP contribution in [0.3, 0.4) is 0 Å². The molecule has 0 aromatic heterocycles. The van der Waals surface area contributed by atoms with Crippen LogP contribution in [0.15, 0.2) is 22.7 Å². The number of methoxy groups -OCH3 is 1. The molecule has 17 heavy (non-hydrogen) atoms. The van der Waals surface area contributed by atoms with Crippen molar-refractivity contribution in [2.75, 3.05) is 13.7 Å². The SMILES string of the molecule is COC1(CNCc2cc(Br)ccc2Cl)CCC1. The lowest BCUT2D eigenvalue weighted by atomic mass is 9.80. The van der Waals surface area contributed by atoms with E-state index in [1.807, 2.05) is 12.1 Å². The Kier molecular flexibility index (Phi) is 4.47. The lowest BCUT2D eigenvalue weighted by Crippen LogP contribution is -2.47. The van der Waals surface area contributed by atoms with E-state index < -0.39 is 0 Å². The molecule has 1 saturated carbocycles. The van der Waals surface area contributed by atoms with Crippen LogP contribution in [0.1, 0.15) is 24.8 Å². The lowest BCUT2D eigenvalue weighted by molar-refractivity contribution is -0.0695. The normalized spacial score (nSPS) is 17.8. The summed E-state index contributed by atoms with van der Waals surface area (Å²) in [5, 5.41) is 4.24. The predicted octanol–water partition coefficient (Wildman–Crippen LogP) is 3.76. The number of halogens is 2. The first-order valence-corrected chi connectivity index (χ1v) is 7.02. The second-order valence-corrected chi connectivity index (χ2v) is 5.90. The minimum atomic E-state index is 0.0679. The van der Waals surface area contributed by atoms with Crippen molar-refractivity contribution in [3.8, 4) is 0 Å². The largest absolute Gasteiger partial charge is 0.377 e. The second kappa shape index (κ2) is 5.70.